The van der Waals surface area contributed by atoms with Crippen molar-refractivity contribution in [3.63, 3.8) is 0 Å². The summed E-state index contributed by atoms with van der Waals surface area (Å²) in [5.74, 6) is 1.03. The molecular formula is C22H24FN5O4S. The van der Waals surface area contributed by atoms with Crippen LogP contribution in [0.1, 0.15) is 43.3 Å². The summed E-state index contributed by atoms with van der Waals surface area (Å²) in [6.45, 7) is 1.42. The van der Waals surface area contributed by atoms with Gasteiger partial charge in [0.15, 0.2) is 5.75 Å². The molecule has 9 nitrogen and oxygen atoms in total. The summed E-state index contributed by atoms with van der Waals surface area (Å²) in [7, 11) is -4.19. The summed E-state index contributed by atoms with van der Waals surface area (Å²) in [6.07, 6.45) is 7.57. The summed E-state index contributed by atoms with van der Waals surface area (Å²) in [5, 5.41) is 12.9. The van der Waals surface area contributed by atoms with Crippen LogP contribution in [0, 0.1) is 5.82 Å². The van der Waals surface area contributed by atoms with E-state index >= 15 is 0 Å². The number of aromatic nitrogens is 3. The Balaban J connectivity index is 1.38. The highest BCUT2D eigenvalue weighted by molar-refractivity contribution is 7.89. The van der Waals surface area contributed by atoms with Crippen molar-refractivity contribution in [2.45, 2.75) is 42.5 Å². The average Bonchev–Trinajstić information content (AvgIpc) is 3.56. The van der Waals surface area contributed by atoms with Gasteiger partial charge in [0.1, 0.15) is 28.0 Å². The normalized spacial score (nSPS) is 17.2. The Kier molecular flexibility index (Phi) is 5.77. The maximum Gasteiger partial charge on any atom is 0.241 e. The van der Waals surface area contributed by atoms with Crippen molar-refractivity contribution in [2.24, 2.45) is 5.14 Å². The summed E-state index contributed by atoms with van der Waals surface area (Å²) in [6, 6.07) is 7.41. The lowest BCUT2D eigenvalue weighted by atomic mass is 9.96. The van der Waals surface area contributed by atoms with E-state index in [0.29, 0.717) is 42.3 Å². The van der Waals surface area contributed by atoms with Gasteiger partial charge in [-0.15, -0.1) is 0 Å². The molecule has 174 valence electrons. The zero-order valence-electron chi connectivity index (χ0n) is 17.8. The molecule has 1 saturated heterocycles. The maximum absolute atomic E-state index is 13.8. The largest absolute Gasteiger partial charge is 0.454 e. The van der Waals surface area contributed by atoms with Crippen molar-refractivity contribution in [1.29, 1.82) is 0 Å². The van der Waals surface area contributed by atoms with Crippen LogP contribution in [0.25, 0.3) is 0 Å². The van der Waals surface area contributed by atoms with Crippen LogP contribution in [0.2, 0.25) is 0 Å². The van der Waals surface area contributed by atoms with Gasteiger partial charge in [0.25, 0.3) is 0 Å². The Labute approximate surface area is 190 Å². The fraction of sp³-hybridized carbons (Fsp3) is 0.364. The molecule has 1 aliphatic heterocycles. The molecule has 3 heterocycles. The van der Waals surface area contributed by atoms with E-state index in [4.69, 9.17) is 19.7 Å². The number of anilines is 2. The smallest absolute Gasteiger partial charge is 0.241 e. The van der Waals surface area contributed by atoms with Crippen LogP contribution < -0.4 is 15.2 Å². The van der Waals surface area contributed by atoms with Crippen molar-refractivity contribution in [3.8, 4) is 11.5 Å². The molecule has 11 heteroatoms. The monoisotopic (exact) mass is 473 g/mol. The SMILES string of the molecule is NS(=O)(=O)c1cc(Nc2cc(Oc3cn(C4CC4)nc3C3CCOCC3)ccn2)ccc1F. The summed E-state index contributed by atoms with van der Waals surface area (Å²) in [5.41, 5.74) is 1.27. The summed E-state index contributed by atoms with van der Waals surface area (Å²) >= 11 is 0. The molecule has 1 aliphatic carbocycles. The van der Waals surface area contributed by atoms with Crippen molar-refractivity contribution >= 4 is 21.5 Å². The molecule has 0 unspecified atom stereocenters. The molecule has 1 saturated carbocycles. The predicted octanol–water partition coefficient (Wildman–Crippen LogP) is 3.83. The molecule has 0 bridgehead atoms. The molecule has 0 amide bonds. The summed E-state index contributed by atoms with van der Waals surface area (Å²) in [4.78, 5) is 3.65. The van der Waals surface area contributed by atoms with E-state index in [1.54, 1.807) is 18.3 Å². The van der Waals surface area contributed by atoms with Crippen molar-refractivity contribution in [2.75, 3.05) is 18.5 Å². The van der Waals surface area contributed by atoms with E-state index in [1.165, 1.54) is 6.07 Å². The number of nitrogens with one attached hydrogen (secondary N) is 1. The van der Waals surface area contributed by atoms with E-state index in [2.05, 4.69) is 10.3 Å². The van der Waals surface area contributed by atoms with E-state index in [-0.39, 0.29) is 5.92 Å². The standard InChI is InChI=1S/C22H24FN5O4S/c23-18-4-1-15(11-20(18)33(24,29)30)26-21-12-17(5-8-25-21)32-19-13-28(16-2-3-16)27-22(19)14-6-9-31-10-7-14/h1,4-5,8,11-14,16H,2-3,6-7,9-10H2,(H,25,26)(H2,24,29,30). The Morgan fingerprint density at radius 2 is 1.94 bits per heavy atom. The van der Waals surface area contributed by atoms with E-state index in [1.807, 2.05) is 10.9 Å². The molecule has 5 rings (SSSR count). The van der Waals surface area contributed by atoms with Crippen molar-refractivity contribution < 1.29 is 22.3 Å². The Morgan fingerprint density at radius 1 is 1.15 bits per heavy atom. The lowest BCUT2D eigenvalue weighted by Gasteiger charge is -2.21. The van der Waals surface area contributed by atoms with Crippen molar-refractivity contribution in [3.05, 3.63) is 54.2 Å². The second kappa shape index (κ2) is 8.73. The lowest BCUT2D eigenvalue weighted by Crippen LogP contribution is -2.15. The van der Waals surface area contributed by atoms with Crippen molar-refractivity contribution in [1.82, 2.24) is 14.8 Å². The van der Waals surface area contributed by atoms with Crippen LogP contribution in [0.3, 0.4) is 0 Å². The number of nitrogens with zero attached hydrogens (tertiary/aromatic N) is 3. The molecule has 33 heavy (non-hydrogen) atoms. The highest BCUT2D eigenvalue weighted by Gasteiger charge is 2.29. The number of hydrogen-bond donors (Lipinski definition) is 2. The molecule has 2 aromatic heterocycles. The zero-order valence-corrected chi connectivity index (χ0v) is 18.6. The average molecular weight is 474 g/mol. The molecule has 0 atom stereocenters. The molecule has 1 aromatic carbocycles. The number of sulfonamides is 1. The van der Waals surface area contributed by atoms with Gasteiger partial charge < -0.3 is 14.8 Å². The second-order valence-corrected chi connectivity index (χ2v) is 9.80. The number of benzene rings is 1. The van der Waals surface area contributed by atoms with Crippen LogP contribution >= 0.6 is 0 Å². The Morgan fingerprint density at radius 3 is 2.67 bits per heavy atom. The van der Waals surface area contributed by atoms with Gasteiger partial charge in [-0.05, 0) is 49.9 Å². The molecule has 0 radical (unpaired) electrons. The molecule has 2 aliphatic rings. The Hall–Kier alpha value is -3.02. The number of halogens is 1. The first-order chi connectivity index (χ1) is 15.9. The van der Waals surface area contributed by atoms with Gasteiger partial charge in [-0.3, -0.25) is 4.68 Å². The topological polar surface area (TPSA) is 121 Å². The fourth-order valence-electron chi connectivity index (χ4n) is 3.86. The zero-order chi connectivity index (χ0) is 23.0. The first-order valence-corrected chi connectivity index (χ1v) is 12.3. The van der Waals surface area contributed by atoms with Crippen LogP contribution in [-0.4, -0.2) is 36.4 Å². The molecule has 2 fully saturated rings. The number of primary sulfonamides is 1. The Bertz CT molecular complexity index is 1270. The van der Waals surface area contributed by atoms with E-state index in [9.17, 15) is 12.8 Å². The third kappa shape index (κ3) is 5.00. The minimum atomic E-state index is -4.19. The quantitative estimate of drug-likeness (QED) is 0.535. The van der Waals surface area contributed by atoms with Gasteiger partial charge in [-0.25, -0.2) is 22.9 Å². The van der Waals surface area contributed by atoms with Gasteiger partial charge in [-0.2, -0.15) is 5.10 Å². The number of rotatable bonds is 7. The number of hydrogen-bond acceptors (Lipinski definition) is 7. The van der Waals surface area contributed by atoms with Gasteiger partial charge in [-0.1, -0.05) is 0 Å². The summed E-state index contributed by atoms with van der Waals surface area (Å²) < 4.78 is 50.7. The van der Waals surface area contributed by atoms with E-state index < -0.39 is 20.7 Å². The highest BCUT2D eigenvalue weighted by atomic mass is 32.2. The first-order valence-electron chi connectivity index (χ1n) is 10.8. The molecule has 0 spiro atoms. The minimum Gasteiger partial charge on any atom is -0.454 e. The van der Waals surface area contributed by atoms with E-state index in [0.717, 1.165) is 43.5 Å². The van der Waals surface area contributed by atoms with Gasteiger partial charge in [0.05, 0.1) is 12.2 Å². The lowest BCUT2D eigenvalue weighted by molar-refractivity contribution is 0.0839. The number of nitrogens with two attached hydrogens (primary N) is 1. The minimum absolute atomic E-state index is 0.282. The predicted molar refractivity (Wildman–Crippen MR) is 119 cm³/mol. The van der Waals surface area contributed by atoms with Gasteiger partial charge in [0.2, 0.25) is 10.0 Å². The molecule has 3 aromatic rings. The van der Waals surface area contributed by atoms with Gasteiger partial charge >= 0.3 is 0 Å². The highest BCUT2D eigenvalue weighted by Crippen LogP contribution is 2.40. The number of ether oxygens (including phenoxy) is 2. The molecular weight excluding hydrogens is 449 g/mol. The van der Waals surface area contributed by atoms with Crippen LogP contribution in [0.15, 0.2) is 47.6 Å². The first kappa shape index (κ1) is 21.8. The molecule has 3 N–H and O–H groups in total. The van der Waals surface area contributed by atoms with Crippen LogP contribution in [-0.2, 0) is 14.8 Å². The third-order valence-corrected chi connectivity index (χ3v) is 6.65. The fourth-order valence-corrected chi connectivity index (χ4v) is 4.50. The van der Waals surface area contributed by atoms with Crippen LogP contribution in [0.4, 0.5) is 15.9 Å². The van der Waals surface area contributed by atoms with Crippen LogP contribution in [0.5, 0.6) is 11.5 Å². The second-order valence-electron chi connectivity index (χ2n) is 8.27. The number of pyridine rings is 1. The maximum atomic E-state index is 13.8. The third-order valence-electron chi connectivity index (χ3n) is 5.72. The van der Waals surface area contributed by atoms with Gasteiger partial charge in [0, 0.05) is 37.1 Å².